The number of alkyl halides is 3. The molecule has 0 aliphatic heterocycles. The minimum atomic E-state index is -4.77. The molecule has 0 saturated heterocycles. The van der Waals surface area contributed by atoms with Gasteiger partial charge in [-0.2, -0.15) is 0 Å². The zero-order chi connectivity index (χ0) is 19.6. The topological polar surface area (TPSA) is 80.3 Å². The number of nitrogens with zero attached hydrogens (tertiary/aromatic N) is 1. The van der Waals surface area contributed by atoms with E-state index in [1.54, 1.807) is 12.1 Å². The van der Waals surface area contributed by atoms with Gasteiger partial charge in [-0.3, -0.25) is 9.59 Å². The predicted octanol–water partition coefficient (Wildman–Crippen LogP) is 3.95. The molecule has 0 atom stereocenters. The van der Waals surface area contributed by atoms with E-state index in [0.717, 1.165) is 12.8 Å². The van der Waals surface area contributed by atoms with E-state index in [4.69, 9.17) is 0 Å². The summed E-state index contributed by atoms with van der Waals surface area (Å²) in [6.07, 6.45) is -3.12. The summed E-state index contributed by atoms with van der Waals surface area (Å²) in [5.41, 5.74) is 1.14. The molecule has 6 nitrogen and oxygen atoms in total. The van der Waals surface area contributed by atoms with Crippen molar-refractivity contribution < 1.29 is 27.5 Å². The van der Waals surface area contributed by atoms with Crippen molar-refractivity contribution in [2.45, 2.75) is 26.1 Å². The van der Waals surface area contributed by atoms with Gasteiger partial charge in [0.2, 0.25) is 11.8 Å². The van der Waals surface area contributed by atoms with Gasteiger partial charge in [-0.1, -0.05) is 12.1 Å². The Morgan fingerprint density at radius 2 is 1.63 bits per heavy atom. The Morgan fingerprint density at radius 1 is 1.04 bits per heavy atom. The molecule has 27 heavy (non-hydrogen) atoms. The van der Waals surface area contributed by atoms with Crippen LogP contribution < -0.4 is 15.4 Å². The van der Waals surface area contributed by atoms with Crippen LogP contribution in [0.2, 0.25) is 0 Å². The van der Waals surface area contributed by atoms with Gasteiger partial charge >= 0.3 is 6.36 Å². The van der Waals surface area contributed by atoms with Gasteiger partial charge in [0.25, 0.3) is 0 Å². The number of halogens is 3. The lowest BCUT2D eigenvalue weighted by molar-refractivity contribution is -0.274. The fourth-order valence-electron chi connectivity index (χ4n) is 2.43. The number of carbonyl (C=O) groups is 2. The van der Waals surface area contributed by atoms with Gasteiger partial charge in [-0.25, -0.2) is 4.98 Å². The maximum atomic E-state index is 12.3. The minimum Gasteiger partial charge on any atom is -0.406 e. The summed E-state index contributed by atoms with van der Waals surface area (Å²) in [5.74, 6) is -0.385. The molecule has 1 heterocycles. The van der Waals surface area contributed by atoms with Gasteiger partial charge in [0, 0.05) is 12.8 Å². The van der Waals surface area contributed by atoms with Crippen molar-refractivity contribution in [1.82, 2.24) is 4.98 Å². The van der Waals surface area contributed by atoms with Crippen molar-refractivity contribution in [1.29, 1.82) is 0 Å². The number of aromatic nitrogens is 1. The maximum Gasteiger partial charge on any atom is 0.573 e. The van der Waals surface area contributed by atoms with Crippen LogP contribution in [0.4, 0.5) is 24.8 Å². The zero-order valence-electron chi connectivity index (χ0n) is 14.3. The highest BCUT2D eigenvalue weighted by Gasteiger charge is 2.31. The summed E-state index contributed by atoms with van der Waals surface area (Å²) in [7, 11) is 0. The standard InChI is InChI=1S/C18H16F3N3O3/c1-10(25)22-15-8-13(9-16(23-15)24-17(26)12-2-3-12)11-4-6-14(7-5-11)27-18(19,20)21/h4-9,12H,2-3H2,1H3,(H2,22,23,24,25,26). The summed E-state index contributed by atoms with van der Waals surface area (Å²) in [6.45, 7) is 1.32. The number of hydrogen-bond acceptors (Lipinski definition) is 4. The van der Waals surface area contributed by atoms with E-state index < -0.39 is 6.36 Å². The largest absolute Gasteiger partial charge is 0.573 e. The van der Waals surface area contributed by atoms with Crippen LogP contribution in [0.1, 0.15) is 19.8 Å². The summed E-state index contributed by atoms with van der Waals surface area (Å²) in [6, 6.07) is 8.41. The number of ether oxygens (including phenoxy) is 1. The van der Waals surface area contributed by atoms with Gasteiger partial charge in [0.15, 0.2) is 0 Å². The number of hydrogen-bond donors (Lipinski definition) is 2. The van der Waals surface area contributed by atoms with E-state index in [1.165, 1.54) is 31.2 Å². The second-order valence-electron chi connectivity index (χ2n) is 6.14. The third-order valence-corrected chi connectivity index (χ3v) is 3.75. The molecule has 0 radical (unpaired) electrons. The summed E-state index contributed by atoms with van der Waals surface area (Å²) in [4.78, 5) is 27.5. The highest BCUT2D eigenvalue weighted by Crippen LogP contribution is 2.32. The Kier molecular flexibility index (Phi) is 5.02. The molecule has 1 fully saturated rings. The normalized spacial score (nSPS) is 13.8. The van der Waals surface area contributed by atoms with Crippen LogP contribution in [0.25, 0.3) is 11.1 Å². The maximum absolute atomic E-state index is 12.3. The molecule has 1 aromatic heterocycles. The van der Waals surface area contributed by atoms with Crippen LogP contribution >= 0.6 is 0 Å². The molecule has 2 aromatic rings. The number of nitrogens with one attached hydrogen (secondary N) is 2. The lowest BCUT2D eigenvalue weighted by Crippen LogP contribution is -2.17. The molecular formula is C18H16F3N3O3. The van der Waals surface area contributed by atoms with Gasteiger partial charge < -0.3 is 15.4 Å². The Morgan fingerprint density at radius 3 is 2.15 bits per heavy atom. The molecule has 1 aromatic carbocycles. The van der Waals surface area contributed by atoms with Crippen LogP contribution in [0.3, 0.4) is 0 Å². The SMILES string of the molecule is CC(=O)Nc1cc(-c2ccc(OC(F)(F)F)cc2)cc(NC(=O)C2CC2)n1. The lowest BCUT2D eigenvalue weighted by Gasteiger charge is -2.12. The molecule has 9 heteroatoms. The first-order valence-electron chi connectivity index (χ1n) is 8.16. The van der Waals surface area contributed by atoms with Crippen molar-refractivity contribution in [3.05, 3.63) is 36.4 Å². The first-order valence-corrected chi connectivity index (χ1v) is 8.16. The molecule has 1 aliphatic rings. The Bertz CT molecular complexity index is 862. The van der Waals surface area contributed by atoms with Crippen LogP contribution in [0.5, 0.6) is 5.75 Å². The summed E-state index contributed by atoms with van der Waals surface area (Å²) in [5, 5.41) is 5.24. The van der Waals surface area contributed by atoms with Gasteiger partial charge in [-0.15, -0.1) is 13.2 Å². The van der Waals surface area contributed by atoms with Crippen molar-refractivity contribution in [3.63, 3.8) is 0 Å². The van der Waals surface area contributed by atoms with E-state index in [2.05, 4.69) is 20.4 Å². The van der Waals surface area contributed by atoms with Crippen LogP contribution in [0.15, 0.2) is 36.4 Å². The van der Waals surface area contributed by atoms with Crippen molar-refractivity contribution in [2.24, 2.45) is 5.92 Å². The molecule has 3 rings (SSSR count). The molecule has 1 aliphatic carbocycles. The average molecular weight is 379 g/mol. The molecule has 0 unspecified atom stereocenters. The molecule has 0 spiro atoms. The van der Waals surface area contributed by atoms with E-state index in [0.29, 0.717) is 11.1 Å². The summed E-state index contributed by atoms with van der Waals surface area (Å²) < 4.78 is 40.7. The van der Waals surface area contributed by atoms with Gasteiger partial charge in [-0.05, 0) is 48.2 Å². The van der Waals surface area contributed by atoms with Gasteiger partial charge in [0.1, 0.15) is 17.4 Å². The summed E-state index contributed by atoms with van der Waals surface area (Å²) >= 11 is 0. The van der Waals surface area contributed by atoms with E-state index in [-0.39, 0.29) is 35.1 Å². The van der Waals surface area contributed by atoms with E-state index in [9.17, 15) is 22.8 Å². The fourth-order valence-corrected chi connectivity index (χ4v) is 2.43. The van der Waals surface area contributed by atoms with Gasteiger partial charge in [0.05, 0.1) is 0 Å². The lowest BCUT2D eigenvalue weighted by atomic mass is 10.1. The Hall–Kier alpha value is -3.10. The van der Waals surface area contributed by atoms with Crippen LogP contribution in [0, 0.1) is 5.92 Å². The van der Waals surface area contributed by atoms with E-state index in [1.807, 2.05) is 0 Å². The van der Waals surface area contributed by atoms with E-state index >= 15 is 0 Å². The molecule has 2 amide bonds. The molecule has 2 N–H and O–H groups in total. The zero-order valence-corrected chi connectivity index (χ0v) is 14.3. The number of carbonyl (C=O) groups excluding carboxylic acids is 2. The smallest absolute Gasteiger partial charge is 0.406 e. The third kappa shape index (κ3) is 5.44. The quantitative estimate of drug-likeness (QED) is 0.824. The number of rotatable bonds is 5. The molecule has 1 saturated carbocycles. The second-order valence-corrected chi connectivity index (χ2v) is 6.14. The van der Waals surface area contributed by atoms with Crippen molar-refractivity contribution in [2.75, 3.05) is 10.6 Å². The first-order chi connectivity index (χ1) is 12.7. The van der Waals surface area contributed by atoms with Crippen molar-refractivity contribution in [3.8, 4) is 16.9 Å². The highest BCUT2D eigenvalue weighted by atomic mass is 19.4. The first kappa shape index (κ1) is 18.7. The molecule has 0 bridgehead atoms. The van der Waals surface area contributed by atoms with Crippen molar-refractivity contribution >= 4 is 23.5 Å². The number of benzene rings is 1. The highest BCUT2D eigenvalue weighted by molar-refractivity contribution is 5.95. The average Bonchev–Trinajstić information content (AvgIpc) is 3.38. The Balaban J connectivity index is 1.88. The molecular weight excluding hydrogens is 363 g/mol. The number of anilines is 2. The third-order valence-electron chi connectivity index (χ3n) is 3.75. The Labute approximate surface area is 152 Å². The molecule has 142 valence electrons. The second kappa shape index (κ2) is 7.26. The number of pyridine rings is 1. The fraction of sp³-hybridized carbons (Fsp3) is 0.278. The minimum absolute atomic E-state index is 0.0292. The van der Waals surface area contributed by atoms with Crippen LogP contribution in [-0.4, -0.2) is 23.2 Å². The number of amides is 2. The van der Waals surface area contributed by atoms with Crippen LogP contribution in [-0.2, 0) is 9.59 Å². The monoisotopic (exact) mass is 379 g/mol. The predicted molar refractivity (Wildman–Crippen MR) is 92.0 cm³/mol.